The molecule has 0 unspecified atom stereocenters. The molecule has 80 valence electrons. The first-order valence-electron chi connectivity index (χ1n) is 5.55. The highest BCUT2D eigenvalue weighted by molar-refractivity contribution is 4.79. The largest absolute Gasteiger partial charge is 0.381 e. The van der Waals surface area contributed by atoms with Crippen molar-refractivity contribution >= 4 is 0 Å². The molecule has 1 saturated heterocycles. The summed E-state index contributed by atoms with van der Waals surface area (Å²) in [5, 5.41) is 3.36. The average molecular weight is 187 g/mol. The monoisotopic (exact) mass is 187 g/mol. The van der Waals surface area contributed by atoms with Crippen molar-refractivity contribution in [3.05, 3.63) is 0 Å². The molecule has 0 atom stereocenters. The van der Waals surface area contributed by atoms with Gasteiger partial charge in [0.05, 0.1) is 6.61 Å². The predicted octanol–water partition coefficient (Wildman–Crippen LogP) is 2.44. The Morgan fingerprint density at radius 2 is 1.77 bits per heavy atom. The lowest BCUT2D eigenvalue weighted by atomic mass is 9.82. The van der Waals surface area contributed by atoms with Crippen LogP contribution in [0, 0.1) is 5.41 Å². The summed E-state index contributed by atoms with van der Waals surface area (Å²) in [5.74, 6) is 0. The van der Waals surface area contributed by atoms with Crippen LogP contribution < -0.4 is 5.32 Å². The van der Waals surface area contributed by atoms with Gasteiger partial charge < -0.3 is 10.1 Å². The van der Waals surface area contributed by atoms with E-state index in [1.165, 1.54) is 12.8 Å². The van der Waals surface area contributed by atoms with E-state index in [-0.39, 0.29) is 0 Å². The number of hydrogen-bond acceptors (Lipinski definition) is 2. The zero-order valence-corrected chi connectivity index (χ0v) is 9.65. The van der Waals surface area contributed by atoms with E-state index in [0.717, 1.165) is 26.3 Å². The van der Waals surface area contributed by atoms with Crippen molar-refractivity contribution in [3.8, 4) is 0 Å². The Kier molecular flexibility index (Phi) is 7.29. The predicted molar refractivity (Wildman–Crippen MR) is 58.1 cm³/mol. The van der Waals surface area contributed by atoms with E-state index in [1.807, 2.05) is 13.8 Å². The molecule has 0 bridgehead atoms. The molecule has 13 heavy (non-hydrogen) atoms. The van der Waals surface area contributed by atoms with Crippen molar-refractivity contribution < 1.29 is 4.74 Å². The summed E-state index contributed by atoms with van der Waals surface area (Å²) in [6.07, 6.45) is 2.51. The van der Waals surface area contributed by atoms with E-state index in [4.69, 9.17) is 4.74 Å². The molecule has 1 aliphatic heterocycles. The van der Waals surface area contributed by atoms with Crippen LogP contribution in [0.3, 0.4) is 0 Å². The molecule has 0 aromatic rings. The summed E-state index contributed by atoms with van der Waals surface area (Å²) in [6.45, 7) is 12.5. The lowest BCUT2D eigenvalue weighted by molar-refractivity contribution is 0.0421. The Hall–Kier alpha value is -0.0800. The molecule has 0 spiro atoms. The Morgan fingerprint density at radius 1 is 1.23 bits per heavy atom. The number of ether oxygens (including phenoxy) is 1. The molecule has 1 rings (SSSR count). The van der Waals surface area contributed by atoms with E-state index in [1.54, 1.807) is 0 Å². The SMILES string of the molecule is CC.CCOCC1(C)CCNCC1. The van der Waals surface area contributed by atoms with Gasteiger partial charge in [0.25, 0.3) is 0 Å². The Balaban J connectivity index is 0.000000671. The summed E-state index contributed by atoms with van der Waals surface area (Å²) < 4.78 is 5.45. The molecule has 0 radical (unpaired) electrons. The Bertz CT molecular complexity index is 109. The van der Waals surface area contributed by atoms with Gasteiger partial charge in [-0.1, -0.05) is 20.8 Å². The minimum absolute atomic E-state index is 0.446. The van der Waals surface area contributed by atoms with Crippen LogP contribution >= 0.6 is 0 Å². The van der Waals surface area contributed by atoms with Gasteiger partial charge in [0, 0.05) is 6.61 Å². The molecule has 2 heteroatoms. The molecule has 2 nitrogen and oxygen atoms in total. The fourth-order valence-corrected chi connectivity index (χ4v) is 1.52. The zero-order chi connectivity index (χ0) is 10.2. The number of nitrogens with one attached hydrogen (secondary N) is 1. The van der Waals surface area contributed by atoms with E-state index in [2.05, 4.69) is 19.2 Å². The van der Waals surface area contributed by atoms with Gasteiger partial charge in [0.1, 0.15) is 0 Å². The molecule has 0 aromatic carbocycles. The van der Waals surface area contributed by atoms with Gasteiger partial charge in [-0.05, 0) is 38.3 Å². The molecule has 0 amide bonds. The topological polar surface area (TPSA) is 21.3 Å². The molecule has 1 aliphatic rings. The maximum atomic E-state index is 5.45. The van der Waals surface area contributed by atoms with Crippen molar-refractivity contribution in [2.24, 2.45) is 5.41 Å². The fraction of sp³-hybridized carbons (Fsp3) is 1.00. The van der Waals surface area contributed by atoms with Gasteiger partial charge in [-0.25, -0.2) is 0 Å². The number of piperidine rings is 1. The van der Waals surface area contributed by atoms with Crippen molar-refractivity contribution in [2.75, 3.05) is 26.3 Å². The molecule has 1 N–H and O–H groups in total. The number of rotatable bonds is 3. The summed E-state index contributed by atoms with van der Waals surface area (Å²) in [4.78, 5) is 0. The highest BCUT2D eigenvalue weighted by Gasteiger charge is 2.26. The molecular formula is C11H25NO. The van der Waals surface area contributed by atoms with E-state index in [9.17, 15) is 0 Å². The standard InChI is InChI=1S/C9H19NO.C2H6/c1-3-11-8-9(2)4-6-10-7-5-9;1-2/h10H,3-8H2,1-2H3;1-2H3. The molecular weight excluding hydrogens is 162 g/mol. The van der Waals surface area contributed by atoms with Crippen molar-refractivity contribution in [3.63, 3.8) is 0 Å². The van der Waals surface area contributed by atoms with Crippen LogP contribution in [-0.2, 0) is 4.74 Å². The smallest absolute Gasteiger partial charge is 0.0520 e. The minimum atomic E-state index is 0.446. The normalized spacial score (nSPS) is 20.3. The van der Waals surface area contributed by atoms with Gasteiger partial charge >= 0.3 is 0 Å². The van der Waals surface area contributed by atoms with Crippen LogP contribution in [0.15, 0.2) is 0 Å². The van der Waals surface area contributed by atoms with Gasteiger partial charge in [0.2, 0.25) is 0 Å². The summed E-state index contributed by atoms with van der Waals surface area (Å²) in [5.41, 5.74) is 0.446. The zero-order valence-electron chi connectivity index (χ0n) is 9.65. The van der Waals surface area contributed by atoms with Crippen LogP contribution in [0.25, 0.3) is 0 Å². The highest BCUT2D eigenvalue weighted by atomic mass is 16.5. The lowest BCUT2D eigenvalue weighted by Gasteiger charge is -2.33. The third-order valence-electron chi connectivity index (χ3n) is 2.47. The molecule has 1 fully saturated rings. The second-order valence-corrected chi connectivity index (χ2v) is 3.70. The van der Waals surface area contributed by atoms with Crippen molar-refractivity contribution in [2.45, 2.75) is 40.5 Å². The van der Waals surface area contributed by atoms with Gasteiger partial charge in [-0.15, -0.1) is 0 Å². The van der Waals surface area contributed by atoms with Crippen molar-refractivity contribution in [1.29, 1.82) is 0 Å². The van der Waals surface area contributed by atoms with Crippen LogP contribution in [0.4, 0.5) is 0 Å². The van der Waals surface area contributed by atoms with E-state index < -0.39 is 0 Å². The first kappa shape index (κ1) is 12.9. The third kappa shape index (κ3) is 5.27. The lowest BCUT2D eigenvalue weighted by Crippen LogP contribution is -2.37. The van der Waals surface area contributed by atoms with Crippen LogP contribution in [0.2, 0.25) is 0 Å². The second-order valence-electron chi connectivity index (χ2n) is 3.70. The maximum Gasteiger partial charge on any atom is 0.0520 e. The van der Waals surface area contributed by atoms with Crippen LogP contribution in [0.5, 0.6) is 0 Å². The van der Waals surface area contributed by atoms with Gasteiger partial charge in [-0.2, -0.15) is 0 Å². The second kappa shape index (κ2) is 7.34. The quantitative estimate of drug-likeness (QED) is 0.732. The van der Waals surface area contributed by atoms with Crippen molar-refractivity contribution in [1.82, 2.24) is 5.32 Å². The molecule has 0 saturated carbocycles. The van der Waals surface area contributed by atoms with Crippen LogP contribution in [0.1, 0.15) is 40.5 Å². The molecule has 0 aromatic heterocycles. The van der Waals surface area contributed by atoms with Gasteiger partial charge in [-0.3, -0.25) is 0 Å². The van der Waals surface area contributed by atoms with E-state index >= 15 is 0 Å². The third-order valence-corrected chi connectivity index (χ3v) is 2.47. The van der Waals surface area contributed by atoms with E-state index in [0.29, 0.717) is 5.41 Å². The Labute approximate surface area is 83.1 Å². The number of hydrogen-bond donors (Lipinski definition) is 1. The highest BCUT2D eigenvalue weighted by Crippen LogP contribution is 2.27. The Morgan fingerprint density at radius 3 is 2.23 bits per heavy atom. The first-order valence-corrected chi connectivity index (χ1v) is 5.55. The molecule has 0 aliphatic carbocycles. The minimum Gasteiger partial charge on any atom is -0.381 e. The maximum absolute atomic E-state index is 5.45. The summed E-state index contributed by atoms with van der Waals surface area (Å²) in [6, 6.07) is 0. The van der Waals surface area contributed by atoms with Gasteiger partial charge in [0.15, 0.2) is 0 Å². The van der Waals surface area contributed by atoms with Crippen LogP contribution in [-0.4, -0.2) is 26.3 Å². The average Bonchev–Trinajstić information content (AvgIpc) is 2.19. The fourth-order valence-electron chi connectivity index (χ4n) is 1.52. The first-order chi connectivity index (χ1) is 6.27. The summed E-state index contributed by atoms with van der Waals surface area (Å²) >= 11 is 0. The summed E-state index contributed by atoms with van der Waals surface area (Å²) in [7, 11) is 0. The molecule has 1 heterocycles.